The molecule has 76 valence electrons. The summed E-state index contributed by atoms with van der Waals surface area (Å²) in [5, 5.41) is 0. The van der Waals surface area contributed by atoms with Gasteiger partial charge in [0.1, 0.15) is 4.99 Å². The van der Waals surface area contributed by atoms with Crippen LogP contribution in [-0.2, 0) is 0 Å². The van der Waals surface area contributed by atoms with Gasteiger partial charge in [-0.1, -0.05) is 12.2 Å². The third-order valence-electron chi connectivity index (χ3n) is 1.72. The van der Waals surface area contributed by atoms with Crippen LogP contribution in [0, 0.1) is 6.92 Å². The van der Waals surface area contributed by atoms with Crippen LogP contribution in [0.5, 0.6) is 5.88 Å². The molecule has 0 bridgehead atoms. The summed E-state index contributed by atoms with van der Waals surface area (Å²) in [7, 11) is 0. The first-order valence-corrected chi connectivity index (χ1v) is 4.85. The molecule has 0 aliphatic rings. The van der Waals surface area contributed by atoms with Gasteiger partial charge in [0, 0.05) is 6.20 Å². The number of thiocarbonyl (C=S) groups is 1. The first-order chi connectivity index (χ1) is 6.52. The van der Waals surface area contributed by atoms with Crippen LogP contribution in [0.2, 0.25) is 0 Å². The van der Waals surface area contributed by atoms with E-state index in [4.69, 9.17) is 22.7 Å². The van der Waals surface area contributed by atoms with E-state index in [1.165, 1.54) is 0 Å². The summed E-state index contributed by atoms with van der Waals surface area (Å²) in [6.45, 7) is 5.81. The van der Waals surface area contributed by atoms with Crippen molar-refractivity contribution in [2.24, 2.45) is 5.73 Å². The van der Waals surface area contributed by atoms with Gasteiger partial charge in [0.05, 0.1) is 11.7 Å². The number of pyridine rings is 1. The lowest BCUT2D eigenvalue weighted by Crippen LogP contribution is -2.17. The number of hydrogen-bond donors (Lipinski definition) is 1. The molecule has 1 aromatic heterocycles. The van der Waals surface area contributed by atoms with Crippen LogP contribution in [0.1, 0.15) is 25.0 Å². The number of nitrogens with two attached hydrogens (primary N) is 1. The van der Waals surface area contributed by atoms with Crippen LogP contribution in [0.15, 0.2) is 12.3 Å². The molecule has 0 atom stereocenters. The van der Waals surface area contributed by atoms with E-state index >= 15 is 0 Å². The maximum Gasteiger partial charge on any atom is 0.224 e. The third-order valence-corrected chi connectivity index (χ3v) is 1.92. The Kier molecular flexibility index (Phi) is 3.41. The summed E-state index contributed by atoms with van der Waals surface area (Å²) < 4.78 is 5.51. The van der Waals surface area contributed by atoms with Crippen molar-refractivity contribution in [3.8, 4) is 5.88 Å². The molecule has 0 fully saturated rings. The topological polar surface area (TPSA) is 48.1 Å². The molecule has 1 heterocycles. The molecule has 0 radical (unpaired) electrons. The minimum absolute atomic E-state index is 0.0670. The van der Waals surface area contributed by atoms with Crippen molar-refractivity contribution in [1.82, 2.24) is 4.98 Å². The second-order valence-corrected chi connectivity index (χ2v) is 3.78. The molecule has 0 amide bonds. The summed E-state index contributed by atoms with van der Waals surface area (Å²) in [5.74, 6) is 0.521. The van der Waals surface area contributed by atoms with E-state index in [2.05, 4.69) is 4.98 Å². The number of hydrogen-bond acceptors (Lipinski definition) is 3. The van der Waals surface area contributed by atoms with Crippen LogP contribution >= 0.6 is 12.2 Å². The van der Waals surface area contributed by atoms with Crippen molar-refractivity contribution < 1.29 is 4.74 Å². The lowest BCUT2D eigenvalue weighted by Gasteiger charge is -2.13. The molecule has 1 aromatic rings. The van der Waals surface area contributed by atoms with Gasteiger partial charge >= 0.3 is 0 Å². The Bertz CT molecular complexity index is 350. The van der Waals surface area contributed by atoms with E-state index < -0.39 is 0 Å². The van der Waals surface area contributed by atoms with Crippen LogP contribution in [-0.4, -0.2) is 16.1 Å². The second kappa shape index (κ2) is 4.37. The van der Waals surface area contributed by atoms with Gasteiger partial charge in [-0.15, -0.1) is 0 Å². The predicted molar refractivity (Wildman–Crippen MR) is 60.6 cm³/mol. The highest BCUT2D eigenvalue weighted by molar-refractivity contribution is 7.80. The Morgan fingerprint density at radius 3 is 2.71 bits per heavy atom. The maximum atomic E-state index is 5.60. The lowest BCUT2D eigenvalue weighted by atomic mass is 10.1. The van der Waals surface area contributed by atoms with Crippen molar-refractivity contribution in [3.63, 3.8) is 0 Å². The van der Waals surface area contributed by atoms with E-state index in [1.807, 2.05) is 26.8 Å². The standard InChI is InChI=1S/C10H14N2OS/c1-6(2)13-10-8(9(11)14)7(3)4-5-12-10/h4-6H,1-3H3,(H2,11,14). The van der Waals surface area contributed by atoms with Gasteiger partial charge in [0.15, 0.2) is 0 Å². The van der Waals surface area contributed by atoms with E-state index in [0.29, 0.717) is 10.9 Å². The Balaban J connectivity index is 3.14. The van der Waals surface area contributed by atoms with E-state index in [9.17, 15) is 0 Å². The molecular weight excluding hydrogens is 196 g/mol. The molecule has 0 saturated heterocycles. The third kappa shape index (κ3) is 2.42. The van der Waals surface area contributed by atoms with Crippen molar-refractivity contribution >= 4 is 17.2 Å². The lowest BCUT2D eigenvalue weighted by molar-refractivity contribution is 0.232. The first kappa shape index (κ1) is 10.9. The zero-order valence-electron chi connectivity index (χ0n) is 8.57. The zero-order valence-corrected chi connectivity index (χ0v) is 9.39. The van der Waals surface area contributed by atoms with Crippen LogP contribution in [0.4, 0.5) is 0 Å². The van der Waals surface area contributed by atoms with Gasteiger partial charge in [-0.3, -0.25) is 0 Å². The molecule has 1 rings (SSSR count). The monoisotopic (exact) mass is 210 g/mol. The van der Waals surface area contributed by atoms with Gasteiger partial charge in [-0.05, 0) is 32.4 Å². The molecule has 0 aromatic carbocycles. The van der Waals surface area contributed by atoms with Gasteiger partial charge in [-0.25, -0.2) is 4.98 Å². The smallest absolute Gasteiger partial charge is 0.224 e. The van der Waals surface area contributed by atoms with Gasteiger partial charge in [-0.2, -0.15) is 0 Å². The minimum Gasteiger partial charge on any atom is -0.474 e. The Morgan fingerprint density at radius 2 is 2.21 bits per heavy atom. The average molecular weight is 210 g/mol. The number of aryl methyl sites for hydroxylation is 1. The molecule has 0 aliphatic carbocycles. The van der Waals surface area contributed by atoms with Crippen LogP contribution < -0.4 is 10.5 Å². The average Bonchev–Trinajstić information content (AvgIpc) is 2.01. The highest BCUT2D eigenvalue weighted by Gasteiger charge is 2.11. The molecular formula is C10H14N2OS. The largest absolute Gasteiger partial charge is 0.474 e. The van der Waals surface area contributed by atoms with Gasteiger partial charge < -0.3 is 10.5 Å². The Morgan fingerprint density at radius 1 is 1.57 bits per heavy atom. The van der Waals surface area contributed by atoms with E-state index in [-0.39, 0.29) is 6.10 Å². The summed E-state index contributed by atoms with van der Waals surface area (Å²) in [6, 6.07) is 1.86. The number of ether oxygens (including phenoxy) is 1. The second-order valence-electron chi connectivity index (χ2n) is 3.34. The van der Waals surface area contributed by atoms with Crippen LogP contribution in [0.3, 0.4) is 0 Å². The number of rotatable bonds is 3. The normalized spacial score (nSPS) is 10.3. The SMILES string of the molecule is Cc1ccnc(OC(C)C)c1C(N)=S. The van der Waals surface area contributed by atoms with Gasteiger partial charge in [0.2, 0.25) is 5.88 Å². The van der Waals surface area contributed by atoms with Crippen molar-refractivity contribution in [2.45, 2.75) is 26.9 Å². The molecule has 0 aliphatic heterocycles. The summed E-state index contributed by atoms with van der Waals surface area (Å²) >= 11 is 4.95. The fourth-order valence-electron chi connectivity index (χ4n) is 1.15. The summed E-state index contributed by atoms with van der Waals surface area (Å²) in [5.41, 5.74) is 7.32. The molecule has 4 heteroatoms. The Labute approximate surface area is 89.3 Å². The predicted octanol–water partition coefficient (Wildman–Crippen LogP) is 1.81. The molecule has 14 heavy (non-hydrogen) atoms. The highest BCUT2D eigenvalue weighted by Crippen LogP contribution is 2.19. The van der Waals surface area contributed by atoms with Crippen LogP contribution in [0.25, 0.3) is 0 Å². The Hall–Kier alpha value is -1.16. The van der Waals surface area contributed by atoms with Crippen molar-refractivity contribution in [1.29, 1.82) is 0 Å². The molecule has 2 N–H and O–H groups in total. The van der Waals surface area contributed by atoms with Crippen molar-refractivity contribution in [3.05, 3.63) is 23.4 Å². The molecule has 0 spiro atoms. The quantitative estimate of drug-likeness (QED) is 0.773. The minimum atomic E-state index is 0.0670. The highest BCUT2D eigenvalue weighted by atomic mass is 32.1. The molecule has 0 unspecified atom stereocenters. The van der Waals surface area contributed by atoms with Crippen molar-refractivity contribution in [2.75, 3.05) is 0 Å². The van der Waals surface area contributed by atoms with Gasteiger partial charge in [0.25, 0.3) is 0 Å². The molecule has 0 saturated carbocycles. The summed E-state index contributed by atoms with van der Waals surface area (Å²) in [6.07, 6.45) is 1.76. The fourth-order valence-corrected chi connectivity index (χ4v) is 1.39. The number of aromatic nitrogens is 1. The first-order valence-electron chi connectivity index (χ1n) is 4.44. The number of nitrogens with zero attached hydrogens (tertiary/aromatic N) is 1. The molecule has 3 nitrogen and oxygen atoms in total. The fraction of sp³-hybridized carbons (Fsp3) is 0.400. The summed E-state index contributed by atoms with van der Waals surface area (Å²) in [4.78, 5) is 4.44. The van der Waals surface area contributed by atoms with E-state index in [1.54, 1.807) is 6.20 Å². The zero-order chi connectivity index (χ0) is 10.7. The van der Waals surface area contributed by atoms with E-state index in [0.717, 1.165) is 11.1 Å². The maximum absolute atomic E-state index is 5.60.